The Bertz CT molecular complexity index is 1200. The number of nitrogens with zero attached hydrogens (tertiary/aromatic N) is 4. The van der Waals surface area contributed by atoms with Crippen molar-refractivity contribution >= 4 is 16.9 Å². The highest BCUT2D eigenvalue weighted by molar-refractivity contribution is 5.92. The zero-order valence-corrected chi connectivity index (χ0v) is 17.7. The molecule has 158 valence electrons. The number of aryl methyl sites for hydroxylation is 1. The molecule has 3 aromatic heterocycles. The van der Waals surface area contributed by atoms with Gasteiger partial charge in [0, 0.05) is 55.5 Å². The molecule has 1 atom stereocenters. The maximum Gasteiger partial charge on any atom is 0.222 e. The Morgan fingerprint density at radius 3 is 2.71 bits per heavy atom. The summed E-state index contributed by atoms with van der Waals surface area (Å²) in [5.74, 6) is 0.0851. The van der Waals surface area contributed by atoms with Crippen LogP contribution in [0.3, 0.4) is 0 Å². The molecule has 0 spiro atoms. The summed E-state index contributed by atoms with van der Waals surface area (Å²) < 4.78 is 5.47. The Kier molecular flexibility index (Phi) is 6.04. The summed E-state index contributed by atoms with van der Waals surface area (Å²) >= 11 is 0. The highest BCUT2D eigenvalue weighted by Crippen LogP contribution is 2.32. The van der Waals surface area contributed by atoms with E-state index in [2.05, 4.69) is 10.1 Å². The van der Waals surface area contributed by atoms with Gasteiger partial charge in [-0.05, 0) is 42.8 Å². The fourth-order valence-electron chi connectivity index (χ4n) is 3.56. The van der Waals surface area contributed by atoms with Gasteiger partial charge in [-0.2, -0.15) is 0 Å². The molecule has 0 unspecified atom stereocenters. The largest absolute Gasteiger partial charge is 0.356 e. The Morgan fingerprint density at radius 1 is 1.06 bits per heavy atom. The van der Waals surface area contributed by atoms with E-state index in [9.17, 15) is 4.79 Å². The lowest BCUT2D eigenvalue weighted by Gasteiger charge is -2.15. The van der Waals surface area contributed by atoms with Crippen molar-refractivity contribution in [1.82, 2.24) is 20.0 Å². The highest BCUT2D eigenvalue weighted by Gasteiger charge is 2.19. The summed E-state index contributed by atoms with van der Waals surface area (Å²) in [4.78, 5) is 22.7. The third-order valence-electron chi connectivity index (χ3n) is 5.21. The van der Waals surface area contributed by atoms with Gasteiger partial charge in [-0.3, -0.25) is 14.8 Å². The van der Waals surface area contributed by atoms with Crippen LogP contribution < -0.4 is 5.73 Å². The minimum absolute atomic E-state index is 0.0851. The third-order valence-corrected chi connectivity index (χ3v) is 5.21. The van der Waals surface area contributed by atoms with E-state index in [1.165, 1.54) is 0 Å². The summed E-state index contributed by atoms with van der Waals surface area (Å²) in [5, 5.41) is 5.19. The van der Waals surface area contributed by atoms with Crippen molar-refractivity contribution in [2.24, 2.45) is 5.73 Å². The van der Waals surface area contributed by atoms with Gasteiger partial charge in [0.05, 0.1) is 11.7 Å². The second kappa shape index (κ2) is 9.06. The first-order valence-corrected chi connectivity index (χ1v) is 10.2. The average Bonchev–Trinajstić information content (AvgIpc) is 3.21. The number of amides is 1. The zero-order valence-electron chi connectivity index (χ0n) is 17.7. The van der Waals surface area contributed by atoms with Crippen LogP contribution in [0.4, 0.5) is 0 Å². The monoisotopic (exact) mass is 415 g/mol. The molecular formula is C24H25N5O2. The van der Waals surface area contributed by atoms with Crippen LogP contribution in [-0.2, 0) is 17.6 Å². The van der Waals surface area contributed by atoms with Crippen molar-refractivity contribution in [3.8, 4) is 11.3 Å². The molecule has 2 N–H and O–H groups in total. The van der Waals surface area contributed by atoms with Gasteiger partial charge in [0.15, 0.2) is 5.58 Å². The number of benzene rings is 1. The zero-order chi connectivity index (χ0) is 21.8. The van der Waals surface area contributed by atoms with E-state index in [-0.39, 0.29) is 11.9 Å². The van der Waals surface area contributed by atoms with Crippen LogP contribution in [-0.4, -0.2) is 40.0 Å². The van der Waals surface area contributed by atoms with Gasteiger partial charge >= 0.3 is 0 Å². The lowest BCUT2D eigenvalue weighted by Crippen LogP contribution is -2.22. The van der Waals surface area contributed by atoms with Crippen molar-refractivity contribution in [1.29, 1.82) is 0 Å². The number of aromatic nitrogens is 3. The molecule has 7 heteroatoms. The first kappa shape index (κ1) is 20.7. The molecular weight excluding hydrogens is 390 g/mol. The number of para-hydroxylation sites is 1. The van der Waals surface area contributed by atoms with Crippen molar-refractivity contribution in [2.45, 2.75) is 25.3 Å². The van der Waals surface area contributed by atoms with Crippen molar-refractivity contribution in [3.05, 3.63) is 77.9 Å². The third kappa shape index (κ3) is 4.62. The molecule has 0 aliphatic heterocycles. The number of rotatable bonds is 7. The molecule has 3 heterocycles. The standard InChI is InChI=1S/C24H25N5O2/c1-29(2)22(30)13-12-16-7-5-8-17(27-16)15-20(25)24-19(10-6-14-26-24)23-18-9-3-4-11-21(18)31-28-23/h3-11,14,20H,12-13,15,25H2,1-2H3/t20-/m0/s1. The summed E-state index contributed by atoms with van der Waals surface area (Å²) in [6, 6.07) is 17.0. The quantitative estimate of drug-likeness (QED) is 0.496. The molecule has 1 amide bonds. The first-order valence-electron chi connectivity index (χ1n) is 10.2. The molecule has 4 aromatic rings. The van der Waals surface area contributed by atoms with E-state index in [4.69, 9.17) is 15.2 Å². The lowest BCUT2D eigenvalue weighted by atomic mass is 9.99. The van der Waals surface area contributed by atoms with Crippen LogP contribution >= 0.6 is 0 Å². The van der Waals surface area contributed by atoms with Crippen LogP contribution in [0.1, 0.15) is 29.5 Å². The number of carbonyl (C=O) groups is 1. The molecule has 7 nitrogen and oxygen atoms in total. The first-order chi connectivity index (χ1) is 15.0. The van der Waals surface area contributed by atoms with Gasteiger partial charge in [0.25, 0.3) is 0 Å². The molecule has 0 bridgehead atoms. The molecule has 1 aromatic carbocycles. The van der Waals surface area contributed by atoms with E-state index in [0.29, 0.717) is 19.3 Å². The van der Waals surface area contributed by atoms with E-state index in [0.717, 1.165) is 39.3 Å². The number of hydrogen-bond acceptors (Lipinski definition) is 6. The van der Waals surface area contributed by atoms with E-state index < -0.39 is 0 Å². The predicted molar refractivity (Wildman–Crippen MR) is 119 cm³/mol. The number of pyridine rings is 2. The number of fused-ring (bicyclic) bond motifs is 1. The molecule has 0 aliphatic rings. The van der Waals surface area contributed by atoms with Gasteiger partial charge in [-0.15, -0.1) is 0 Å². The van der Waals surface area contributed by atoms with Gasteiger partial charge in [-0.25, -0.2) is 0 Å². The van der Waals surface area contributed by atoms with Crippen molar-refractivity contribution in [3.63, 3.8) is 0 Å². The van der Waals surface area contributed by atoms with Gasteiger partial charge in [0.1, 0.15) is 5.69 Å². The minimum Gasteiger partial charge on any atom is -0.356 e. The van der Waals surface area contributed by atoms with Crippen LogP contribution in [0.2, 0.25) is 0 Å². The second-order valence-corrected chi connectivity index (χ2v) is 7.68. The SMILES string of the molecule is CN(C)C(=O)CCc1cccc(C[C@H](N)c2ncccc2-c2noc3ccccc23)n1. The van der Waals surface area contributed by atoms with E-state index in [1.807, 2.05) is 54.6 Å². The number of nitrogens with two attached hydrogens (primary N) is 1. The van der Waals surface area contributed by atoms with Crippen LogP contribution in [0, 0.1) is 0 Å². The van der Waals surface area contributed by atoms with Gasteiger partial charge < -0.3 is 15.2 Å². The summed E-state index contributed by atoms with van der Waals surface area (Å²) in [7, 11) is 3.52. The summed E-state index contributed by atoms with van der Waals surface area (Å²) in [5.41, 5.74) is 11.4. The fourth-order valence-corrected chi connectivity index (χ4v) is 3.56. The molecule has 31 heavy (non-hydrogen) atoms. The van der Waals surface area contributed by atoms with Gasteiger partial charge in [0.2, 0.25) is 5.91 Å². The topological polar surface area (TPSA) is 98.1 Å². The molecule has 0 saturated carbocycles. The molecule has 4 rings (SSSR count). The van der Waals surface area contributed by atoms with Crippen molar-refractivity contribution < 1.29 is 9.32 Å². The average molecular weight is 415 g/mol. The highest BCUT2D eigenvalue weighted by atomic mass is 16.5. The van der Waals surface area contributed by atoms with Crippen LogP contribution in [0.5, 0.6) is 0 Å². The van der Waals surface area contributed by atoms with E-state index in [1.54, 1.807) is 25.2 Å². The lowest BCUT2D eigenvalue weighted by molar-refractivity contribution is -0.128. The van der Waals surface area contributed by atoms with Gasteiger partial charge in [-0.1, -0.05) is 23.4 Å². The Balaban J connectivity index is 1.56. The smallest absolute Gasteiger partial charge is 0.222 e. The van der Waals surface area contributed by atoms with Crippen LogP contribution in [0.25, 0.3) is 22.2 Å². The minimum atomic E-state index is -0.363. The number of carbonyl (C=O) groups excluding carboxylic acids is 1. The van der Waals surface area contributed by atoms with Crippen molar-refractivity contribution in [2.75, 3.05) is 14.1 Å². The Labute approximate surface area is 180 Å². The molecule has 0 radical (unpaired) electrons. The summed E-state index contributed by atoms with van der Waals surface area (Å²) in [6.07, 6.45) is 3.28. The summed E-state index contributed by atoms with van der Waals surface area (Å²) in [6.45, 7) is 0. The van der Waals surface area contributed by atoms with E-state index >= 15 is 0 Å². The normalized spacial score (nSPS) is 12.1. The fraction of sp³-hybridized carbons (Fsp3) is 0.250. The number of hydrogen-bond donors (Lipinski definition) is 1. The Morgan fingerprint density at radius 2 is 1.87 bits per heavy atom. The maximum atomic E-state index is 11.9. The predicted octanol–water partition coefficient (Wildman–Crippen LogP) is 3.55. The molecule has 0 aliphatic carbocycles. The maximum absolute atomic E-state index is 11.9. The molecule has 0 saturated heterocycles. The van der Waals surface area contributed by atoms with Crippen LogP contribution in [0.15, 0.2) is 65.3 Å². The Hall–Kier alpha value is -3.58. The second-order valence-electron chi connectivity index (χ2n) is 7.68. The molecule has 0 fully saturated rings.